The number of allylic oxidation sites excluding steroid dienone is 18. The molecule has 0 rings (SSSR count). The van der Waals surface area contributed by atoms with E-state index in [-0.39, 0.29) is 37.5 Å². The van der Waals surface area contributed by atoms with Crippen molar-refractivity contribution in [3.05, 3.63) is 109 Å². The number of rotatable bonds is 43. The molecule has 0 bridgehead atoms. The average molecular weight is 859 g/mol. The minimum absolute atomic E-state index is 0.111. The maximum Gasteiger partial charge on any atom is 0.306 e. The molecule has 0 aromatic heterocycles. The van der Waals surface area contributed by atoms with Gasteiger partial charge in [0.1, 0.15) is 13.2 Å². The van der Waals surface area contributed by atoms with Gasteiger partial charge in [-0.15, -0.1) is 0 Å². The van der Waals surface area contributed by atoms with Crippen molar-refractivity contribution in [3.8, 4) is 0 Å². The zero-order valence-corrected chi connectivity index (χ0v) is 39.8. The van der Waals surface area contributed by atoms with Crippen LogP contribution in [0.3, 0.4) is 0 Å². The summed E-state index contributed by atoms with van der Waals surface area (Å²) in [5.74, 6) is -1.02. The quantitative estimate of drug-likeness (QED) is 0.0263. The van der Waals surface area contributed by atoms with Crippen molar-refractivity contribution in [1.82, 2.24) is 0 Å². The van der Waals surface area contributed by atoms with Crippen molar-refractivity contribution in [2.75, 3.05) is 13.2 Å². The van der Waals surface area contributed by atoms with E-state index in [9.17, 15) is 14.4 Å². The van der Waals surface area contributed by atoms with Crippen molar-refractivity contribution in [2.24, 2.45) is 0 Å². The molecule has 0 aromatic carbocycles. The van der Waals surface area contributed by atoms with Gasteiger partial charge in [-0.25, -0.2) is 0 Å². The molecular weight excluding hydrogens is 769 g/mol. The number of ether oxygens (including phenoxy) is 3. The van der Waals surface area contributed by atoms with Crippen LogP contribution in [0.15, 0.2) is 109 Å². The standard InChI is InChI=1S/C56H90O6/c1-4-7-10-13-16-19-22-25-28-29-32-34-37-40-43-46-49-55(58)61-52-53(62-56(59)50-47-44-41-38-35-31-27-24-21-18-15-12-9-6-3)51-60-54(57)48-45-42-39-36-33-30-26-23-20-17-14-11-8-5-2/h7-12,16-21,25,28,32,34,40,43,53H,4-6,13-15,22-24,26-27,29-31,33,35-39,41-42,44-52H2,1-3H3/b10-7-,11-8-,12-9-,19-16-,20-17-,21-18-,28-25-,34-32-,43-40-. The molecule has 0 aliphatic rings. The molecule has 6 heteroatoms. The second-order valence-electron chi connectivity index (χ2n) is 15.9. The first-order chi connectivity index (χ1) is 30.5. The Morgan fingerprint density at radius 2 is 0.613 bits per heavy atom. The van der Waals surface area contributed by atoms with Crippen molar-refractivity contribution in [1.29, 1.82) is 0 Å². The van der Waals surface area contributed by atoms with Crippen LogP contribution in [0.5, 0.6) is 0 Å². The molecule has 0 aliphatic carbocycles. The van der Waals surface area contributed by atoms with Gasteiger partial charge in [-0.05, 0) is 103 Å². The lowest BCUT2D eigenvalue weighted by atomic mass is 10.1. The van der Waals surface area contributed by atoms with Gasteiger partial charge in [-0.3, -0.25) is 14.4 Å². The average Bonchev–Trinajstić information content (AvgIpc) is 3.27. The third kappa shape index (κ3) is 47.1. The van der Waals surface area contributed by atoms with Crippen molar-refractivity contribution in [3.63, 3.8) is 0 Å². The summed E-state index contributed by atoms with van der Waals surface area (Å²) >= 11 is 0. The van der Waals surface area contributed by atoms with Crippen LogP contribution in [0.4, 0.5) is 0 Å². The third-order valence-corrected chi connectivity index (χ3v) is 10.0. The molecule has 1 atom stereocenters. The Morgan fingerprint density at radius 3 is 1.00 bits per heavy atom. The molecule has 0 fully saturated rings. The fourth-order valence-corrected chi connectivity index (χ4v) is 6.39. The topological polar surface area (TPSA) is 78.9 Å². The smallest absolute Gasteiger partial charge is 0.306 e. The Morgan fingerprint density at radius 1 is 0.323 bits per heavy atom. The lowest BCUT2D eigenvalue weighted by Crippen LogP contribution is -2.30. The first-order valence-corrected chi connectivity index (χ1v) is 24.9. The Balaban J connectivity index is 4.53. The van der Waals surface area contributed by atoms with Crippen LogP contribution in [-0.4, -0.2) is 37.2 Å². The second kappa shape index (κ2) is 49.7. The number of hydrogen-bond acceptors (Lipinski definition) is 6. The molecule has 0 aromatic rings. The largest absolute Gasteiger partial charge is 0.462 e. The number of esters is 3. The lowest BCUT2D eigenvalue weighted by Gasteiger charge is -2.18. The van der Waals surface area contributed by atoms with E-state index in [2.05, 4.69) is 118 Å². The number of carbonyl (C=O) groups excluding carboxylic acids is 3. The third-order valence-electron chi connectivity index (χ3n) is 10.0. The highest BCUT2D eigenvalue weighted by molar-refractivity contribution is 5.71. The molecule has 0 radical (unpaired) electrons. The molecular formula is C56H90O6. The molecule has 350 valence electrons. The minimum atomic E-state index is -0.816. The predicted molar refractivity (Wildman–Crippen MR) is 265 cm³/mol. The zero-order chi connectivity index (χ0) is 45.1. The Labute approximate surface area is 380 Å². The summed E-state index contributed by atoms with van der Waals surface area (Å²) in [7, 11) is 0. The van der Waals surface area contributed by atoms with Gasteiger partial charge in [-0.2, -0.15) is 0 Å². The summed E-state index contributed by atoms with van der Waals surface area (Å²) < 4.78 is 16.7. The fraction of sp³-hybridized carbons (Fsp3) is 0.625. The van der Waals surface area contributed by atoms with E-state index in [1.165, 1.54) is 51.4 Å². The highest BCUT2D eigenvalue weighted by atomic mass is 16.6. The van der Waals surface area contributed by atoms with Crippen molar-refractivity contribution in [2.45, 2.75) is 213 Å². The number of unbranched alkanes of at least 4 members (excludes halogenated alkanes) is 14. The molecule has 0 heterocycles. The van der Waals surface area contributed by atoms with E-state index in [1.54, 1.807) is 0 Å². The van der Waals surface area contributed by atoms with Gasteiger partial charge in [-0.1, -0.05) is 194 Å². The summed E-state index contributed by atoms with van der Waals surface area (Å²) in [4.78, 5) is 37.9. The van der Waals surface area contributed by atoms with Crippen molar-refractivity contribution < 1.29 is 28.6 Å². The summed E-state index contributed by atoms with van der Waals surface area (Å²) in [5, 5.41) is 0. The summed E-state index contributed by atoms with van der Waals surface area (Å²) in [6, 6.07) is 0. The van der Waals surface area contributed by atoms with E-state index >= 15 is 0 Å². The van der Waals surface area contributed by atoms with Gasteiger partial charge >= 0.3 is 17.9 Å². The van der Waals surface area contributed by atoms with E-state index in [0.717, 1.165) is 109 Å². The molecule has 0 spiro atoms. The van der Waals surface area contributed by atoms with Crippen LogP contribution in [0.1, 0.15) is 207 Å². The molecule has 0 aliphatic heterocycles. The fourth-order valence-electron chi connectivity index (χ4n) is 6.39. The highest BCUT2D eigenvalue weighted by Crippen LogP contribution is 2.13. The molecule has 0 N–H and O–H groups in total. The van der Waals surface area contributed by atoms with E-state index < -0.39 is 6.10 Å². The van der Waals surface area contributed by atoms with Crippen LogP contribution in [0.2, 0.25) is 0 Å². The number of hydrogen-bond donors (Lipinski definition) is 0. The molecule has 1 unspecified atom stereocenters. The Bertz CT molecular complexity index is 1310. The molecule has 62 heavy (non-hydrogen) atoms. The first kappa shape index (κ1) is 58.1. The van der Waals surface area contributed by atoms with Crippen molar-refractivity contribution >= 4 is 17.9 Å². The summed E-state index contributed by atoms with van der Waals surface area (Å²) in [5.41, 5.74) is 0. The number of carbonyl (C=O) groups is 3. The maximum absolute atomic E-state index is 12.8. The zero-order valence-electron chi connectivity index (χ0n) is 39.8. The first-order valence-electron chi connectivity index (χ1n) is 24.9. The Hall–Kier alpha value is -3.93. The van der Waals surface area contributed by atoms with Crippen LogP contribution < -0.4 is 0 Å². The van der Waals surface area contributed by atoms with E-state index in [1.807, 2.05) is 12.2 Å². The SMILES string of the molecule is CC/C=C\C/C=C\C/C=C\C/C=C\C/C=C\CCC(=O)OCC(COC(=O)CCCCCCCCC/C=C\C/C=C\CC)OC(=O)CCCCCCCCC/C=C\C/C=C\CC. The van der Waals surface area contributed by atoms with Gasteiger partial charge in [0.2, 0.25) is 0 Å². The van der Waals surface area contributed by atoms with Gasteiger partial charge in [0.25, 0.3) is 0 Å². The molecule has 6 nitrogen and oxygen atoms in total. The van der Waals surface area contributed by atoms with Gasteiger partial charge < -0.3 is 14.2 Å². The van der Waals surface area contributed by atoms with Crippen LogP contribution in [0.25, 0.3) is 0 Å². The van der Waals surface area contributed by atoms with Crippen LogP contribution in [-0.2, 0) is 28.6 Å². The normalized spacial score (nSPS) is 13.0. The van der Waals surface area contributed by atoms with Gasteiger partial charge in [0.05, 0.1) is 0 Å². The van der Waals surface area contributed by atoms with Crippen LogP contribution in [0, 0.1) is 0 Å². The lowest BCUT2D eigenvalue weighted by molar-refractivity contribution is -0.166. The molecule has 0 amide bonds. The summed E-state index contributed by atoms with van der Waals surface area (Å²) in [6.45, 7) is 6.22. The monoisotopic (exact) mass is 859 g/mol. The minimum Gasteiger partial charge on any atom is -0.462 e. The van der Waals surface area contributed by atoms with Gasteiger partial charge in [0, 0.05) is 19.3 Å². The maximum atomic E-state index is 12.8. The van der Waals surface area contributed by atoms with E-state index in [0.29, 0.717) is 19.3 Å². The second-order valence-corrected chi connectivity index (χ2v) is 15.9. The van der Waals surface area contributed by atoms with Crippen LogP contribution >= 0.6 is 0 Å². The van der Waals surface area contributed by atoms with E-state index in [4.69, 9.17) is 14.2 Å². The van der Waals surface area contributed by atoms with Gasteiger partial charge in [0.15, 0.2) is 6.10 Å². The highest BCUT2D eigenvalue weighted by Gasteiger charge is 2.19. The predicted octanol–water partition coefficient (Wildman–Crippen LogP) is 16.4. The molecule has 0 saturated heterocycles. The Kier molecular flexibility index (Phi) is 46.6. The molecule has 0 saturated carbocycles. The summed E-state index contributed by atoms with van der Waals surface area (Å²) in [6.07, 6.45) is 66.5.